The third-order valence-corrected chi connectivity index (χ3v) is 4.17. The third-order valence-electron chi connectivity index (χ3n) is 2.73. The molecule has 2 rings (SSSR count). The summed E-state index contributed by atoms with van der Waals surface area (Å²) in [5, 5.41) is 0.915. The average molecular weight is 480 g/mol. The molecule has 0 radical (unpaired) electrons. The van der Waals surface area contributed by atoms with Gasteiger partial charge in [-0.3, -0.25) is 0 Å². The van der Waals surface area contributed by atoms with Gasteiger partial charge in [0.25, 0.3) is 0 Å². The summed E-state index contributed by atoms with van der Waals surface area (Å²) >= 11 is 4.31. The molecule has 1 nitrogen and oxygen atoms in total. The fraction of sp³-hybridized carbons (Fsp3) is 0.143. The Labute approximate surface area is 127 Å². The fourth-order valence-corrected chi connectivity index (χ4v) is 3.07. The van der Waals surface area contributed by atoms with E-state index in [1.54, 1.807) is 0 Å². The molecule has 0 spiro atoms. The quantitative estimate of drug-likeness (QED) is 0.524. The van der Waals surface area contributed by atoms with Crippen LogP contribution in [0.3, 0.4) is 0 Å². The van der Waals surface area contributed by atoms with Gasteiger partial charge in [0.1, 0.15) is 0 Å². The zero-order valence-corrected chi connectivity index (χ0v) is 15.6. The normalized spacial score (nSPS) is 10.4. The van der Waals surface area contributed by atoms with E-state index in [1.807, 2.05) is 0 Å². The summed E-state index contributed by atoms with van der Waals surface area (Å²) in [5.41, 5.74) is 5.32. The van der Waals surface area contributed by atoms with E-state index in [0.29, 0.717) is 0 Å². The molecule has 0 atom stereocenters. The Morgan fingerprint density at radius 2 is 1.71 bits per heavy atom. The van der Waals surface area contributed by atoms with Crippen LogP contribution in [0, 0.1) is 0 Å². The Morgan fingerprint density at radius 3 is 2.35 bits per heavy atom. The van der Waals surface area contributed by atoms with Gasteiger partial charge in [-0.2, -0.15) is 0 Å². The van der Waals surface area contributed by atoms with E-state index in [4.69, 9.17) is 0 Å². The van der Waals surface area contributed by atoms with Gasteiger partial charge in [0.2, 0.25) is 0 Å². The van der Waals surface area contributed by atoms with Crippen molar-refractivity contribution >= 4 is 42.0 Å². The Morgan fingerprint density at radius 1 is 1.00 bits per heavy atom. The van der Waals surface area contributed by atoms with Crippen molar-refractivity contribution in [2.24, 2.45) is 0 Å². The molecular weight excluding hydrogens is 466 g/mol. The van der Waals surface area contributed by atoms with Crippen LogP contribution in [-0.2, 0) is 11.9 Å². The van der Waals surface area contributed by atoms with Crippen molar-refractivity contribution in [3.8, 4) is 11.1 Å². The standard InChI is InChI=1S/C14H13BrN.Tl/c15-9-11-5-7-12(8-6-11)14-4-2-1-3-13(14)10-16;/h1-8,16H,9-10H2;/q-1;+1. The first-order valence-electron chi connectivity index (χ1n) is 5.52. The van der Waals surface area contributed by atoms with E-state index in [-0.39, 0.29) is 0 Å². The number of alkyl halides is 1. The summed E-state index contributed by atoms with van der Waals surface area (Å²) < 4.78 is 3.38. The molecule has 0 saturated heterocycles. The minimum absolute atomic E-state index is 0.837. The number of benzene rings is 2. The van der Waals surface area contributed by atoms with Crippen LogP contribution >= 0.6 is 15.9 Å². The average Bonchev–Trinajstić information content (AvgIpc) is 2.40. The van der Waals surface area contributed by atoms with Crippen molar-refractivity contribution in [2.75, 3.05) is 0 Å². The van der Waals surface area contributed by atoms with E-state index >= 15 is 0 Å². The van der Waals surface area contributed by atoms with Gasteiger partial charge in [0.15, 0.2) is 0 Å². The first-order valence-corrected chi connectivity index (χ1v) is 8.88. The van der Waals surface area contributed by atoms with Crippen molar-refractivity contribution in [2.45, 2.75) is 11.9 Å². The zero-order chi connectivity index (χ0) is 12.1. The first-order chi connectivity index (χ1) is 8.35. The molecule has 0 aliphatic heterocycles. The fourth-order valence-electron chi connectivity index (χ4n) is 1.84. The van der Waals surface area contributed by atoms with Crippen molar-refractivity contribution in [3.63, 3.8) is 0 Å². The van der Waals surface area contributed by atoms with Gasteiger partial charge >= 0.3 is 128 Å². The monoisotopic (exact) mass is 479 g/mol. The summed E-state index contributed by atoms with van der Waals surface area (Å²) in [6, 6.07) is 17.4. The van der Waals surface area contributed by atoms with Gasteiger partial charge in [-0.1, -0.05) is 0 Å². The summed E-state index contributed by atoms with van der Waals surface area (Å²) in [5.74, 6) is 0. The van der Waals surface area contributed by atoms with E-state index in [1.165, 1.54) is 22.3 Å². The molecule has 0 bridgehead atoms. The van der Waals surface area contributed by atoms with Gasteiger partial charge in [-0.25, -0.2) is 0 Å². The van der Waals surface area contributed by atoms with Crippen molar-refractivity contribution < 1.29 is 0 Å². The van der Waals surface area contributed by atoms with Gasteiger partial charge < -0.3 is 0 Å². The number of hydrogen-bond donors (Lipinski definition) is 1. The van der Waals surface area contributed by atoms with E-state index in [0.717, 1.165) is 37.9 Å². The Balaban J connectivity index is 2.37. The van der Waals surface area contributed by atoms with Crippen LogP contribution in [0.5, 0.6) is 0 Å². The third kappa shape index (κ3) is 3.39. The van der Waals surface area contributed by atoms with Gasteiger partial charge in [-0.05, 0) is 0 Å². The van der Waals surface area contributed by atoms with Gasteiger partial charge in [-0.15, -0.1) is 0 Å². The van der Waals surface area contributed by atoms with Crippen molar-refractivity contribution in [1.82, 2.24) is 3.13 Å². The van der Waals surface area contributed by atoms with E-state index in [2.05, 4.69) is 67.6 Å². The molecule has 2 aromatic rings. The SMILES string of the molecule is BrCc1ccc(-c2ccccc2C[NH][Tl])cc1. The number of nitrogens with one attached hydrogen (secondary N) is 1. The number of hydrogen-bond acceptors (Lipinski definition) is 1. The van der Waals surface area contributed by atoms with Crippen LogP contribution in [0.25, 0.3) is 11.1 Å². The minimum atomic E-state index is 0.837. The summed E-state index contributed by atoms with van der Waals surface area (Å²) in [6.07, 6.45) is 0. The Bertz CT molecular complexity index is 482. The van der Waals surface area contributed by atoms with Crippen LogP contribution in [0.1, 0.15) is 11.1 Å². The molecule has 0 unspecified atom stereocenters. The van der Waals surface area contributed by atoms with Crippen LogP contribution in [0.4, 0.5) is 0 Å². The van der Waals surface area contributed by atoms with Crippen LogP contribution < -0.4 is 3.13 Å². The number of halogens is 1. The molecule has 0 fully saturated rings. The Hall–Kier alpha value is -0.198. The van der Waals surface area contributed by atoms with Crippen molar-refractivity contribution in [3.05, 3.63) is 59.7 Å². The van der Waals surface area contributed by atoms with Gasteiger partial charge in [0, 0.05) is 0 Å². The molecule has 2 aromatic carbocycles. The topological polar surface area (TPSA) is 12.0 Å². The van der Waals surface area contributed by atoms with E-state index in [9.17, 15) is 0 Å². The molecule has 17 heavy (non-hydrogen) atoms. The summed E-state index contributed by atoms with van der Waals surface area (Å²) in [6.45, 7) is 0.973. The maximum absolute atomic E-state index is 3.47. The molecule has 3 heteroatoms. The predicted octanol–water partition coefficient (Wildman–Crippen LogP) is 3.42. The summed E-state index contributed by atoms with van der Waals surface area (Å²) in [7, 11) is 0. The second-order valence-electron chi connectivity index (χ2n) is 3.87. The molecule has 84 valence electrons. The summed E-state index contributed by atoms with van der Waals surface area (Å²) in [4.78, 5) is 0. The van der Waals surface area contributed by atoms with E-state index < -0.39 is 0 Å². The molecule has 0 aliphatic rings. The van der Waals surface area contributed by atoms with Crippen LogP contribution in [0.15, 0.2) is 48.5 Å². The predicted molar refractivity (Wildman–Crippen MR) is 77.1 cm³/mol. The molecule has 0 aliphatic carbocycles. The van der Waals surface area contributed by atoms with Gasteiger partial charge in [0.05, 0.1) is 0 Å². The van der Waals surface area contributed by atoms with Crippen LogP contribution in [0.2, 0.25) is 0 Å². The molecule has 0 aromatic heterocycles. The molecule has 0 saturated carbocycles. The zero-order valence-electron chi connectivity index (χ0n) is 9.49. The molecule has 0 amide bonds. The second-order valence-corrected chi connectivity index (χ2v) is 6.02. The maximum atomic E-state index is 3.47. The Kier molecular flexibility index (Phi) is 5.19. The molecule has 1 N–H and O–H groups in total. The number of rotatable bonds is 4. The first kappa shape index (κ1) is 13.2. The van der Waals surface area contributed by atoms with Crippen LogP contribution in [-0.4, -0.2) is 26.1 Å². The molecule has 0 heterocycles. The second kappa shape index (κ2) is 6.66. The van der Waals surface area contributed by atoms with Crippen molar-refractivity contribution in [1.29, 1.82) is 0 Å². The molecular formula is C14H13BrNTl.